The summed E-state index contributed by atoms with van der Waals surface area (Å²) < 4.78 is 0. The number of nitrogens with zero attached hydrogens (tertiary/aromatic N) is 1. The first-order valence-electron chi connectivity index (χ1n) is 4.13. The van der Waals surface area contributed by atoms with E-state index < -0.39 is 0 Å². The monoisotopic (exact) mass is 151 g/mol. The minimum atomic E-state index is 1.07. The quantitative estimate of drug-likeness (QED) is 0.432. The van der Waals surface area contributed by atoms with Crippen LogP contribution in [0.2, 0.25) is 0 Å². The highest BCUT2D eigenvalue weighted by molar-refractivity contribution is 5.72. The van der Waals surface area contributed by atoms with Crippen molar-refractivity contribution in [2.45, 2.75) is 26.7 Å². The summed E-state index contributed by atoms with van der Waals surface area (Å²) in [6.07, 6.45) is 10.4. The molecule has 0 aromatic carbocycles. The summed E-state index contributed by atoms with van der Waals surface area (Å²) in [7, 11) is 1.79. The molecule has 0 aliphatic carbocycles. The molecule has 0 amide bonds. The minimum Gasteiger partial charge on any atom is -0.297 e. The van der Waals surface area contributed by atoms with Gasteiger partial charge in [0.25, 0.3) is 0 Å². The lowest BCUT2D eigenvalue weighted by Gasteiger charge is -1.92. The van der Waals surface area contributed by atoms with E-state index in [-0.39, 0.29) is 0 Å². The van der Waals surface area contributed by atoms with Crippen LogP contribution in [0.5, 0.6) is 0 Å². The Kier molecular flexibility index (Phi) is 6.70. The first kappa shape index (κ1) is 10.2. The lowest BCUT2D eigenvalue weighted by atomic mass is 10.2. The summed E-state index contributed by atoms with van der Waals surface area (Å²) in [6, 6.07) is 0. The highest BCUT2D eigenvalue weighted by Gasteiger charge is 1.83. The Hall–Kier alpha value is -0.850. The second-order valence-corrected chi connectivity index (χ2v) is 2.31. The van der Waals surface area contributed by atoms with Crippen LogP contribution in [-0.4, -0.2) is 13.3 Å². The zero-order valence-electron chi connectivity index (χ0n) is 7.67. The fourth-order valence-electron chi connectivity index (χ4n) is 0.731. The molecular weight excluding hydrogens is 134 g/mol. The van der Waals surface area contributed by atoms with Crippen LogP contribution in [0.4, 0.5) is 0 Å². The van der Waals surface area contributed by atoms with E-state index in [1.54, 1.807) is 7.05 Å². The fraction of sp³-hybridized carbons (Fsp3) is 0.500. The van der Waals surface area contributed by atoms with E-state index in [0.717, 1.165) is 12.8 Å². The van der Waals surface area contributed by atoms with E-state index >= 15 is 0 Å². The van der Waals surface area contributed by atoms with Crippen LogP contribution in [0.1, 0.15) is 26.7 Å². The van der Waals surface area contributed by atoms with Crippen molar-refractivity contribution in [2.75, 3.05) is 7.05 Å². The number of aliphatic imine (C=N–C) groups is 1. The van der Waals surface area contributed by atoms with Gasteiger partial charge in [-0.2, -0.15) is 0 Å². The van der Waals surface area contributed by atoms with E-state index in [2.05, 4.69) is 31.0 Å². The van der Waals surface area contributed by atoms with Crippen molar-refractivity contribution in [2.24, 2.45) is 4.99 Å². The van der Waals surface area contributed by atoms with Gasteiger partial charge in [-0.15, -0.1) is 0 Å². The van der Waals surface area contributed by atoms with Crippen molar-refractivity contribution in [3.8, 4) is 0 Å². The highest BCUT2D eigenvalue weighted by Crippen LogP contribution is 2.01. The molecule has 0 saturated carbocycles. The first-order valence-corrected chi connectivity index (χ1v) is 4.13. The first-order chi connectivity index (χ1) is 5.35. The normalized spacial score (nSPS) is 13.5. The average Bonchev–Trinajstić information content (AvgIpc) is 2.05. The molecule has 0 atom stereocenters. The molecule has 0 N–H and O–H groups in total. The molecule has 0 aromatic heterocycles. The van der Waals surface area contributed by atoms with Crippen LogP contribution in [0.15, 0.2) is 28.8 Å². The zero-order valence-corrected chi connectivity index (χ0v) is 7.67. The molecule has 0 bridgehead atoms. The van der Waals surface area contributed by atoms with E-state index in [0.29, 0.717) is 0 Å². The summed E-state index contributed by atoms with van der Waals surface area (Å²) in [5, 5.41) is 0. The maximum absolute atomic E-state index is 3.90. The summed E-state index contributed by atoms with van der Waals surface area (Å²) >= 11 is 0. The largest absolute Gasteiger partial charge is 0.297 e. The lowest BCUT2D eigenvalue weighted by molar-refractivity contribution is 1.14. The third-order valence-electron chi connectivity index (χ3n) is 1.41. The Balaban J connectivity index is 4.04. The standard InChI is InChI=1S/C10H17N/c1-4-6-7-10(5-2)8-9-11-3/h6-9H,4-5H2,1-3H3/b7-6-,10-8-,11-9-. The molecule has 0 rings (SSSR count). The number of rotatable bonds is 4. The van der Waals surface area contributed by atoms with E-state index in [1.807, 2.05) is 12.3 Å². The Morgan fingerprint density at radius 1 is 1.36 bits per heavy atom. The molecule has 0 aliphatic rings. The number of hydrogen-bond donors (Lipinski definition) is 0. The molecule has 0 aromatic rings. The average molecular weight is 151 g/mol. The maximum atomic E-state index is 3.90. The molecule has 1 nitrogen and oxygen atoms in total. The van der Waals surface area contributed by atoms with E-state index in [1.165, 1.54) is 5.57 Å². The third-order valence-corrected chi connectivity index (χ3v) is 1.41. The summed E-state index contributed by atoms with van der Waals surface area (Å²) in [5.74, 6) is 0. The maximum Gasteiger partial charge on any atom is 0.0277 e. The van der Waals surface area contributed by atoms with Gasteiger partial charge in [0.1, 0.15) is 0 Å². The predicted octanol–water partition coefficient (Wildman–Crippen LogP) is 2.99. The molecule has 0 aliphatic heterocycles. The molecule has 0 spiro atoms. The van der Waals surface area contributed by atoms with Crippen molar-refractivity contribution < 1.29 is 0 Å². The Morgan fingerprint density at radius 2 is 2.09 bits per heavy atom. The van der Waals surface area contributed by atoms with Gasteiger partial charge in [-0.1, -0.05) is 26.0 Å². The Morgan fingerprint density at radius 3 is 2.55 bits per heavy atom. The van der Waals surface area contributed by atoms with Gasteiger partial charge in [-0.3, -0.25) is 4.99 Å². The third kappa shape index (κ3) is 5.59. The summed E-state index contributed by atoms with van der Waals surface area (Å²) in [6.45, 7) is 4.28. The van der Waals surface area contributed by atoms with Gasteiger partial charge in [0.2, 0.25) is 0 Å². The number of allylic oxidation sites excluding steroid dienone is 4. The van der Waals surface area contributed by atoms with E-state index in [4.69, 9.17) is 0 Å². The molecule has 1 heteroatoms. The van der Waals surface area contributed by atoms with Crippen LogP contribution in [0, 0.1) is 0 Å². The topological polar surface area (TPSA) is 12.4 Å². The van der Waals surface area contributed by atoms with Crippen LogP contribution in [0.25, 0.3) is 0 Å². The van der Waals surface area contributed by atoms with Gasteiger partial charge in [0, 0.05) is 13.3 Å². The molecule has 0 fully saturated rings. The van der Waals surface area contributed by atoms with Crippen molar-refractivity contribution in [1.82, 2.24) is 0 Å². The predicted molar refractivity (Wildman–Crippen MR) is 52.2 cm³/mol. The zero-order chi connectivity index (χ0) is 8.53. The molecule has 0 radical (unpaired) electrons. The smallest absolute Gasteiger partial charge is 0.0277 e. The molecule has 0 heterocycles. The lowest BCUT2D eigenvalue weighted by Crippen LogP contribution is -1.75. The number of hydrogen-bond acceptors (Lipinski definition) is 1. The van der Waals surface area contributed by atoms with Gasteiger partial charge >= 0.3 is 0 Å². The molecular formula is C10H17N. The van der Waals surface area contributed by atoms with Gasteiger partial charge in [-0.05, 0) is 24.5 Å². The molecule has 62 valence electrons. The van der Waals surface area contributed by atoms with Gasteiger partial charge in [0.05, 0.1) is 0 Å². The van der Waals surface area contributed by atoms with E-state index in [9.17, 15) is 0 Å². The van der Waals surface area contributed by atoms with Crippen molar-refractivity contribution in [1.29, 1.82) is 0 Å². The van der Waals surface area contributed by atoms with Gasteiger partial charge in [-0.25, -0.2) is 0 Å². The van der Waals surface area contributed by atoms with Crippen LogP contribution < -0.4 is 0 Å². The molecule has 11 heavy (non-hydrogen) atoms. The second kappa shape index (κ2) is 7.26. The SMILES string of the molecule is CC\C=C/C(=C\C=N/C)CC. The van der Waals surface area contributed by atoms with Crippen LogP contribution in [-0.2, 0) is 0 Å². The van der Waals surface area contributed by atoms with Crippen molar-refractivity contribution >= 4 is 6.21 Å². The Bertz CT molecular complexity index is 164. The summed E-state index contributed by atoms with van der Waals surface area (Å²) in [5.41, 5.74) is 1.33. The van der Waals surface area contributed by atoms with Crippen LogP contribution in [0.3, 0.4) is 0 Å². The highest BCUT2D eigenvalue weighted by atomic mass is 14.6. The fourth-order valence-corrected chi connectivity index (χ4v) is 0.731. The van der Waals surface area contributed by atoms with Gasteiger partial charge < -0.3 is 0 Å². The Labute approximate surface area is 69.5 Å². The van der Waals surface area contributed by atoms with Crippen molar-refractivity contribution in [3.63, 3.8) is 0 Å². The van der Waals surface area contributed by atoms with Crippen molar-refractivity contribution in [3.05, 3.63) is 23.8 Å². The summed E-state index contributed by atoms with van der Waals surface area (Å²) in [4.78, 5) is 3.90. The second-order valence-electron chi connectivity index (χ2n) is 2.31. The minimum absolute atomic E-state index is 1.07. The van der Waals surface area contributed by atoms with Gasteiger partial charge in [0.15, 0.2) is 0 Å². The van der Waals surface area contributed by atoms with Crippen LogP contribution >= 0.6 is 0 Å². The molecule has 0 saturated heterocycles. The molecule has 0 unspecified atom stereocenters.